The smallest absolute Gasteiger partial charge is 0.409 e. The first kappa shape index (κ1) is 16.8. The Labute approximate surface area is 142 Å². The Morgan fingerprint density at radius 2 is 1.83 bits per heavy atom. The minimum absolute atomic E-state index is 0.231. The molecule has 1 aromatic heterocycles. The molecule has 2 aliphatic rings. The number of carbonyl (C=O) groups excluding carboxylic acids is 1. The van der Waals surface area contributed by atoms with Crippen LogP contribution >= 0.6 is 0 Å². The van der Waals surface area contributed by atoms with E-state index in [9.17, 15) is 4.79 Å². The molecule has 3 heterocycles. The van der Waals surface area contributed by atoms with Crippen LogP contribution in [0.4, 0.5) is 16.6 Å². The standard InChI is InChI=1S/C16H25N5O3/c1-3-24-16(22)21-6-4-19(5-7-21)14-12-13(2)17-15(18-14)20-8-10-23-11-9-20/h12H,3-11H2,1-2H3. The number of nitrogens with zero attached hydrogens (tertiary/aromatic N) is 5. The Kier molecular flexibility index (Phi) is 5.34. The Hall–Kier alpha value is -2.09. The summed E-state index contributed by atoms with van der Waals surface area (Å²) in [5.74, 6) is 1.69. The highest BCUT2D eigenvalue weighted by Gasteiger charge is 2.24. The van der Waals surface area contributed by atoms with Crippen molar-refractivity contribution in [2.75, 3.05) is 68.9 Å². The van der Waals surface area contributed by atoms with E-state index in [1.807, 2.05) is 19.9 Å². The van der Waals surface area contributed by atoms with Gasteiger partial charge >= 0.3 is 6.09 Å². The van der Waals surface area contributed by atoms with E-state index >= 15 is 0 Å². The van der Waals surface area contributed by atoms with Gasteiger partial charge in [0.1, 0.15) is 5.82 Å². The molecule has 132 valence electrons. The minimum atomic E-state index is -0.231. The number of ether oxygens (including phenoxy) is 2. The van der Waals surface area contributed by atoms with E-state index in [4.69, 9.17) is 14.5 Å². The van der Waals surface area contributed by atoms with Crippen molar-refractivity contribution in [3.63, 3.8) is 0 Å². The number of carbonyl (C=O) groups is 1. The van der Waals surface area contributed by atoms with Crippen LogP contribution < -0.4 is 9.80 Å². The molecule has 0 bridgehead atoms. The van der Waals surface area contributed by atoms with Crippen LogP contribution in [-0.4, -0.2) is 80.1 Å². The molecule has 0 N–H and O–H groups in total. The van der Waals surface area contributed by atoms with Crippen LogP contribution in [0.3, 0.4) is 0 Å². The van der Waals surface area contributed by atoms with Gasteiger partial charge in [-0.05, 0) is 13.8 Å². The van der Waals surface area contributed by atoms with Gasteiger partial charge in [-0.1, -0.05) is 0 Å². The monoisotopic (exact) mass is 335 g/mol. The molecule has 8 nitrogen and oxygen atoms in total. The van der Waals surface area contributed by atoms with Crippen molar-refractivity contribution in [3.8, 4) is 0 Å². The van der Waals surface area contributed by atoms with Gasteiger partial charge < -0.3 is 24.2 Å². The Balaban J connectivity index is 1.67. The van der Waals surface area contributed by atoms with Crippen molar-refractivity contribution in [3.05, 3.63) is 11.8 Å². The van der Waals surface area contributed by atoms with Gasteiger partial charge in [0.05, 0.1) is 19.8 Å². The molecule has 0 aromatic carbocycles. The van der Waals surface area contributed by atoms with Crippen LogP contribution in [0.1, 0.15) is 12.6 Å². The normalized spacial score (nSPS) is 18.7. The molecule has 2 fully saturated rings. The molecule has 24 heavy (non-hydrogen) atoms. The minimum Gasteiger partial charge on any atom is -0.450 e. The molecule has 0 spiro atoms. The van der Waals surface area contributed by atoms with Gasteiger partial charge in [0.25, 0.3) is 0 Å². The van der Waals surface area contributed by atoms with Gasteiger partial charge in [-0.2, -0.15) is 4.98 Å². The van der Waals surface area contributed by atoms with Crippen LogP contribution in [0.25, 0.3) is 0 Å². The summed E-state index contributed by atoms with van der Waals surface area (Å²) >= 11 is 0. The molecule has 1 aromatic rings. The summed E-state index contributed by atoms with van der Waals surface area (Å²) in [5, 5.41) is 0. The first-order chi connectivity index (χ1) is 11.7. The lowest BCUT2D eigenvalue weighted by molar-refractivity contribution is 0.105. The van der Waals surface area contributed by atoms with E-state index in [-0.39, 0.29) is 6.09 Å². The first-order valence-electron chi connectivity index (χ1n) is 8.52. The molecule has 2 aliphatic heterocycles. The van der Waals surface area contributed by atoms with E-state index in [0.717, 1.165) is 43.6 Å². The quantitative estimate of drug-likeness (QED) is 0.813. The molecule has 0 radical (unpaired) electrons. The van der Waals surface area contributed by atoms with E-state index < -0.39 is 0 Å². The predicted molar refractivity (Wildman–Crippen MR) is 90.6 cm³/mol. The second-order valence-electron chi connectivity index (χ2n) is 5.94. The number of aryl methyl sites for hydroxylation is 1. The van der Waals surface area contributed by atoms with Crippen molar-refractivity contribution in [1.82, 2.24) is 14.9 Å². The fraction of sp³-hybridized carbons (Fsp3) is 0.688. The second-order valence-corrected chi connectivity index (χ2v) is 5.94. The van der Waals surface area contributed by atoms with E-state index in [0.29, 0.717) is 32.9 Å². The van der Waals surface area contributed by atoms with Crippen molar-refractivity contribution >= 4 is 17.9 Å². The number of rotatable bonds is 3. The second kappa shape index (κ2) is 7.65. The summed E-state index contributed by atoms with van der Waals surface area (Å²) in [4.78, 5) is 27.2. The zero-order valence-corrected chi connectivity index (χ0v) is 14.4. The number of morpholine rings is 1. The number of piperazine rings is 1. The van der Waals surface area contributed by atoms with Gasteiger partial charge in [-0.15, -0.1) is 0 Å². The van der Waals surface area contributed by atoms with Crippen LogP contribution in [0, 0.1) is 6.92 Å². The molecule has 0 atom stereocenters. The van der Waals surface area contributed by atoms with Gasteiger partial charge in [-0.25, -0.2) is 9.78 Å². The van der Waals surface area contributed by atoms with E-state index in [1.165, 1.54) is 0 Å². The third kappa shape index (κ3) is 3.87. The average Bonchev–Trinajstić information content (AvgIpc) is 2.62. The lowest BCUT2D eigenvalue weighted by Gasteiger charge is -2.35. The molecule has 8 heteroatoms. The van der Waals surface area contributed by atoms with Gasteiger partial charge in [0.2, 0.25) is 5.95 Å². The van der Waals surface area contributed by atoms with Gasteiger partial charge in [0.15, 0.2) is 0 Å². The maximum absolute atomic E-state index is 11.8. The predicted octanol–water partition coefficient (Wildman–Crippen LogP) is 0.900. The lowest BCUT2D eigenvalue weighted by atomic mass is 10.3. The topological polar surface area (TPSA) is 71.0 Å². The number of aromatic nitrogens is 2. The Morgan fingerprint density at radius 1 is 1.12 bits per heavy atom. The summed E-state index contributed by atoms with van der Waals surface area (Å²) in [6.07, 6.45) is -0.231. The van der Waals surface area contributed by atoms with Crippen LogP contribution in [-0.2, 0) is 9.47 Å². The highest BCUT2D eigenvalue weighted by atomic mass is 16.6. The highest BCUT2D eigenvalue weighted by Crippen LogP contribution is 2.20. The van der Waals surface area contributed by atoms with Crippen LogP contribution in [0.15, 0.2) is 6.07 Å². The zero-order valence-electron chi connectivity index (χ0n) is 14.4. The largest absolute Gasteiger partial charge is 0.450 e. The summed E-state index contributed by atoms with van der Waals surface area (Å²) in [7, 11) is 0. The number of amides is 1. The molecule has 2 saturated heterocycles. The molecule has 0 unspecified atom stereocenters. The maximum atomic E-state index is 11.8. The molecular formula is C16H25N5O3. The first-order valence-corrected chi connectivity index (χ1v) is 8.52. The number of anilines is 2. The average molecular weight is 335 g/mol. The third-order valence-corrected chi connectivity index (χ3v) is 4.25. The fourth-order valence-electron chi connectivity index (χ4n) is 2.94. The third-order valence-electron chi connectivity index (χ3n) is 4.25. The van der Waals surface area contributed by atoms with E-state index in [1.54, 1.807) is 4.90 Å². The summed E-state index contributed by atoms with van der Waals surface area (Å²) in [6.45, 7) is 10.1. The van der Waals surface area contributed by atoms with Gasteiger partial charge in [-0.3, -0.25) is 0 Å². The number of hydrogen-bond acceptors (Lipinski definition) is 7. The van der Waals surface area contributed by atoms with E-state index in [2.05, 4.69) is 14.8 Å². The Morgan fingerprint density at radius 3 is 2.50 bits per heavy atom. The highest BCUT2D eigenvalue weighted by molar-refractivity contribution is 5.68. The molecular weight excluding hydrogens is 310 g/mol. The van der Waals surface area contributed by atoms with Gasteiger partial charge in [0, 0.05) is 51.0 Å². The van der Waals surface area contributed by atoms with Crippen LogP contribution in [0.2, 0.25) is 0 Å². The molecule has 1 amide bonds. The number of hydrogen-bond donors (Lipinski definition) is 0. The van der Waals surface area contributed by atoms with Crippen LogP contribution in [0.5, 0.6) is 0 Å². The van der Waals surface area contributed by atoms with Crippen molar-refractivity contribution < 1.29 is 14.3 Å². The molecule has 0 saturated carbocycles. The summed E-state index contributed by atoms with van der Waals surface area (Å²) < 4.78 is 10.5. The maximum Gasteiger partial charge on any atom is 0.409 e. The summed E-state index contributed by atoms with van der Waals surface area (Å²) in [6, 6.07) is 2.00. The summed E-state index contributed by atoms with van der Waals surface area (Å²) in [5.41, 5.74) is 0.953. The van der Waals surface area contributed by atoms with Crippen molar-refractivity contribution in [1.29, 1.82) is 0 Å². The fourth-order valence-corrected chi connectivity index (χ4v) is 2.94. The molecule has 3 rings (SSSR count). The van der Waals surface area contributed by atoms with Crippen molar-refractivity contribution in [2.45, 2.75) is 13.8 Å². The SMILES string of the molecule is CCOC(=O)N1CCN(c2cc(C)nc(N3CCOCC3)n2)CC1. The van der Waals surface area contributed by atoms with Crippen molar-refractivity contribution in [2.24, 2.45) is 0 Å². The zero-order chi connectivity index (χ0) is 16.9. The Bertz CT molecular complexity index is 569. The molecule has 0 aliphatic carbocycles. The lowest BCUT2D eigenvalue weighted by Crippen LogP contribution is -2.49.